The van der Waals surface area contributed by atoms with Crippen LogP contribution in [0.3, 0.4) is 0 Å². The molecule has 0 saturated heterocycles. The van der Waals surface area contributed by atoms with Gasteiger partial charge in [-0.1, -0.05) is 0 Å². The van der Waals surface area contributed by atoms with E-state index in [1.807, 2.05) is 19.2 Å². The number of anilines is 1. The van der Waals surface area contributed by atoms with Crippen LogP contribution >= 0.6 is 11.3 Å². The fourth-order valence-electron chi connectivity index (χ4n) is 1.25. The third-order valence-corrected chi connectivity index (χ3v) is 2.68. The largest absolute Gasteiger partial charge is 0.475 e. The van der Waals surface area contributed by atoms with E-state index in [0.29, 0.717) is 12.4 Å². The van der Waals surface area contributed by atoms with Gasteiger partial charge in [-0.25, -0.2) is 15.0 Å². The quantitative estimate of drug-likeness (QED) is 0.882. The minimum atomic E-state index is 0.108. The van der Waals surface area contributed by atoms with Gasteiger partial charge in [0.25, 0.3) is 0 Å². The summed E-state index contributed by atoms with van der Waals surface area (Å²) in [5.41, 5.74) is 0. The second-order valence-electron chi connectivity index (χ2n) is 3.69. The number of aromatic nitrogens is 3. The van der Waals surface area contributed by atoms with Gasteiger partial charge in [0, 0.05) is 17.6 Å². The maximum absolute atomic E-state index is 5.49. The molecule has 5 nitrogen and oxygen atoms in total. The highest BCUT2D eigenvalue weighted by Gasteiger charge is 2.02. The Morgan fingerprint density at radius 2 is 2.24 bits per heavy atom. The molecule has 0 aliphatic rings. The molecule has 6 heteroatoms. The standard InChI is InChI=1S/C11H14N4OS/c1-8(2)16-10-5-9(14-7-15-10)13-6-11-12-3-4-17-11/h3-5,7-8H,6H2,1-2H3,(H,13,14,15). The second kappa shape index (κ2) is 5.58. The molecule has 0 bridgehead atoms. The summed E-state index contributed by atoms with van der Waals surface area (Å²) in [6.45, 7) is 4.59. The van der Waals surface area contributed by atoms with Crippen LogP contribution in [0.2, 0.25) is 0 Å². The fourth-order valence-corrected chi connectivity index (χ4v) is 1.80. The Morgan fingerprint density at radius 1 is 1.35 bits per heavy atom. The van der Waals surface area contributed by atoms with Crippen LogP contribution in [0.1, 0.15) is 18.9 Å². The molecule has 1 N–H and O–H groups in total. The van der Waals surface area contributed by atoms with Crippen molar-refractivity contribution >= 4 is 17.2 Å². The van der Waals surface area contributed by atoms with Crippen LogP contribution in [0.25, 0.3) is 0 Å². The molecule has 90 valence electrons. The zero-order valence-electron chi connectivity index (χ0n) is 9.75. The second-order valence-corrected chi connectivity index (χ2v) is 4.67. The van der Waals surface area contributed by atoms with E-state index in [-0.39, 0.29) is 6.10 Å². The van der Waals surface area contributed by atoms with Gasteiger partial charge in [0.15, 0.2) is 0 Å². The summed E-state index contributed by atoms with van der Waals surface area (Å²) in [6.07, 6.45) is 3.38. The molecular weight excluding hydrogens is 236 g/mol. The van der Waals surface area contributed by atoms with Gasteiger partial charge >= 0.3 is 0 Å². The van der Waals surface area contributed by atoms with Gasteiger partial charge in [-0.2, -0.15) is 0 Å². The van der Waals surface area contributed by atoms with Gasteiger partial charge in [-0.3, -0.25) is 0 Å². The van der Waals surface area contributed by atoms with E-state index in [1.165, 1.54) is 6.33 Å². The van der Waals surface area contributed by atoms with Gasteiger partial charge in [0.05, 0.1) is 12.6 Å². The summed E-state index contributed by atoms with van der Waals surface area (Å²) in [5, 5.41) is 6.15. The topological polar surface area (TPSA) is 59.9 Å². The number of ether oxygens (including phenoxy) is 1. The Labute approximate surface area is 104 Å². The Hall–Kier alpha value is -1.69. The first-order valence-electron chi connectivity index (χ1n) is 5.35. The Bertz CT molecular complexity index is 458. The van der Waals surface area contributed by atoms with Crippen LogP contribution in [-0.2, 0) is 6.54 Å². The normalized spacial score (nSPS) is 10.5. The maximum atomic E-state index is 5.49. The number of nitrogens with one attached hydrogen (secondary N) is 1. The van der Waals surface area contributed by atoms with E-state index in [9.17, 15) is 0 Å². The number of thiazole rings is 1. The molecule has 0 aromatic carbocycles. The molecule has 0 unspecified atom stereocenters. The van der Waals surface area contributed by atoms with Crippen molar-refractivity contribution in [2.75, 3.05) is 5.32 Å². The minimum absolute atomic E-state index is 0.108. The Morgan fingerprint density at radius 3 is 2.94 bits per heavy atom. The lowest BCUT2D eigenvalue weighted by Gasteiger charge is -2.09. The average Bonchev–Trinajstić information content (AvgIpc) is 2.79. The van der Waals surface area contributed by atoms with Crippen LogP contribution in [-0.4, -0.2) is 21.1 Å². The number of rotatable bonds is 5. The van der Waals surface area contributed by atoms with Crippen molar-refractivity contribution in [3.05, 3.63) is 29.0 Å². The van der Waals surface area contributed by atoms with Gasteiger partial charge in [0.1, 0.15) is 17.2 Å². The van der Waals surface area contributed by atoms with Crippen molar-refractivity contribution < 1.29 is 4.74 Å². The summed E-state index contributed by atoms with van der Waals surface area (Å²) in [4.78, 5) is 12.3. The summed E-state index contributed by atoms with van der Waals surface area (Å²) < 4.78 is 5.49. The summed E-state index contributed by atoms with van der Waals surface area (Å²) in [7, 11) is 0. The third kappa shape index (κ3) is 3.67. The van der Waals surface area contributed by atoms with E-state index < -0.39 is 0 Å². The van der Waals surface area contributed by atoms with Crippen LogP contribution in [0, 0.1) is 0 Å². The predicted octanol–water partition coefficient (Wildman–Crippen LogP) is 2.33. The van der Waals surface area contributed by atoms with E-state index in [4.69, 9.17) is 4.74 Å². The van der Waals surface area contributed by atoms with Crippen LogP contribution in [0.15, 0.2) is 24.0 Å². The minimum Gasteiger partial charge on any atom is -0.475 e. The molecule has 2 rings (SSSR count). The first-order valence-corrected chi connectivity index (χ1v) is 6.23. The summed E-state index contributed by atoms with van der Waals surface area (Å²) in [6, 6.07) is 1.79. The van der Waals surface area contributed by atoms with E-state index in [2.05, 4.69) is 20.3 Å². The molecule has 0 amide bonds. The summed E-state index contributed by atoms with van der Waals surface area (Å²) in [5.74, 6) is 1.32. The van der Waals surface area contributed by atoms with Crippen molar-refractivity contribution in [2.24, 2.45) is 0 Å². The van der Waals surface area contributed by atoms with Crippen LogP contribution in [0.5, 0.6) is 5.88 Å². The SMILES string of the molecule is CC(C)Oc1cc(NCc2nccs2)ncn1. The highest BCUT2D eigenvalue weighted by atomic mass is 32.1. The van der Waals surface area contributed by atoms with Crippen molar-refractivity contribution in [3.8, 4) is 5.88 Å². The van der Waals surface area contributed by atoms with E-state index in [1.54, 1.807) is 23.6 Å². The summed E-state index contributed by atoms with van der Waals surface area (Å²) >= 11 is 1.61. The van der Waals surface area contributed by atoms with Gasteiger partial charge in [-0.05, 0) is 13.8 Å². The van der Waals surface area contributed by atoms with Crippen molar-refractivity contribution in [1.82, 2.24) is 15.0 Å². The average molecular weight is 250 g/mol. The molecule has 0 radical (unpaired) electrons. The molecule has 2 aromatic heterocycles. The lowest BCUT2D eigenvalue weighted by molar-refractivity contribution is 0.232. The monoisotopic (exact) mass is 250 g/mol. The van der Waals surface area contributed by atoms with Gasteiger partial charge in [-0.15, -0.1) is 11.3 Å². The zero-order chi connectivity index (χ0) is 12.1. The number of hydrogen-bond donors (Lipinski definition) is 1. The first kappa shape index (κ1) is 11.8. The van der Waals surface area contributed by atoms with Crippen LogP contribution in [0.4, 0.5) is 5.82 Å². The lowest BCUT2D eigenvalue weighted by atomic mass is 10.4. The van der Waals surface area contributed by atoms with Gasteiger partial charge < -0.3 is 10.1 Å². The zero-order valence-corrected chi connectivity index (χ0v) is 10.6. The molecule has 17 heavy (non-hydrogen) atoms. The van der Waals surface area contributed by atoms with Crippen molar-refractivity contribution in [1.29, 1.82) is 0 Å². The molecule has 0 aliphatic heterocycles. The fraction of sp³-hybridized carbons (Fsp3) is 0.364. The molecule has 0 aliphatic carbocycles. The van der Waals surface area contributed by atoms with E-state index >= 15 is 0 Å². The molecule has 2 heterocycles. The highest BCUT2D eigenvalue weighted by Crippen LogP contribution is 2.14. The number of nitrogens with zero attached hydrogens (tertiary/aromatic N) is 3. The smallest absolute Gasteiger partial charge is 0.218 e. The highest BCUT2D eigenvalue weighted by molar-refractivity contribution is 7.09. The molecule has 0 saturated carbocycles. The molecule has 0 spiro atoms. The predicted molar refractivity (Wildman–Crippen MR) is 67.2 cm³/mol. The lowest BCUT2D eigenvalue weighted by Crippen LogP contribution is -2.08. The first-order chi connectivity index (χ1) is 8.24. The van der Waals surface area contributed by atoms with Gasteiger partial charge in [0.2, 0.25) is 5.88 Å². The molecular formula is C11H14N4OS. The van der Waals surface area contributed by atoms with E-state index in [0.717, 1.165) is 10.8 Å². The Balaban J connectivity index is 1.96. The number of hydrogen-bond acceptors (Lipinski definition) is 6. The third-order valence-electron chi connectivity index (χ3n) is 1.90. The maximum Gasteiger partial charge on any atom is 0.218 e. The van der Waals surface area contributed by atoms with Crippen LogP contribution < -0.4 is 10.1 Å². The molecule has 0 fully saturated rings. The molecule has 0 atom stereocenters. The van der Waals surface area contributed by atoms with Crippen molar-refractivity contribution in [3.63, 3.8) is 0 Å². The Kier molecular flexibility index (Phi) is 3.87. The molecule has 2 aromatic rings. The van der Waals surface area contributed by atoms with Crippen molar-refractivity contribution in [2.45, 2.75) is 26.5 Å².